The molecule has 0 aliphatic carbocycles. The number of carbonyl (C=O) groups excluding carboxylic acids is 2. The third kappa shape index (κ3) is 7.53. The van der Waals surface area contributed by atoms with Gasteiger partial charge in [0.2, 0.25) is 0 Å². The van der Waals surface area contributed by atoms with Gasteiger partial charge in [-0.1, -0.05) is 59.6 Å². The number of hydrogen-bond acceptors (Lipinski definition) is 5. The van der Waals surface area contributed by atoms with Gasteiger partial charge in [0, 0.05) is 35.6 Å². The van der Waals surface area contributed by atoms with Gasteiger partial charge in [0.05, 0.1) is 23.6 Å². The number of halogens is 2. The zero-order valence-electron chi connectivity index (χ0n) is 18.8. The first-order chi connectivity index (χ1) is 16.8. The Bertz CT molecular complexity index is 1200. The molecule has 0 fully saturated rings. The summed E-state index contributed by atoms with van der Waals surface area (Å²) in [6.07, 6.45) is 0.556. The average molecular weight is 534 g/mol. The summed E-state index contributed by atoms with van der Waals surface area (Å²) >= 11 is 9.71. The minimum absolute atomic E-state index is 0.160. The predicted octanol–water partition coefficient (Wildman–Crippen LogP) is 4.48. The summed E-state index contributed by atoms with van der Waals surface area (Å²) < 4.78 is 29.5. The van der Waals surface area contributed by atoms with Crippen molar-refractivity contribution in [1.82, 2.24) is 5.32 Å². The van der Waals surface area contributed by atoms with E-state index in [4.69, 9.17) is 23.2 Å². The number of ether oxygens (including phenoxy) is 1. The fourth-order valence-corrected chi connectivity index (χ4v) is 4.28. The number of amides is 1. The van der Waals surface area contributed by atoms with Crippen LogP contribution in [0.15, 0.2) is 66.7 Å². The number of methoxy groups -OCH3 is 1. The summed E-state index contributed by atoms with van der Waals surface area (Å²) in [5.74, 6) is -0.613. The lowest BCUT2D eigenvalue weighted by Gasteiger charge is -2.26. The molecular weight excluding hydrogens is 511 g/mol. The van der Waals surface area contributed by atoms with E-state index in [0.717, 1.165) is 16.7 Å². The van der Waals surface area contributed by atoms with Crippen LogP contribution in [0.3, 0.4) is 0 Å². The van der Waals surface area contributed by atoms with E-state index in [9.17, 15) is 18.4 Å². The van der Waals surface area contributed by atoms with Crippen LogP contribution in [-0.4, -0.2) is 34.3 Å². The Morgan fingerprint density at radius 2 is 1.66 bits per heavy atom. The average Bonchev–Trinajstić information content (AvgIpc) is 2.86. The lowest BCUT2D eigenvalue weighted by Crippen LogP contribution is -2.28. The molecular formula is C25H23Cl2N2O5S-. The number of hydrogen-bond donors (Lipinski definition) is 1. The van der Waals surface area contributed by atoms with Crippen molar-refractivity contribution in [3.8, 4) is 0 Å². The van der Waals surface area contributed by atoms with Crippen molar-refractivity contribution >= 4 is 52.0 Å². The number of nitrogens with zero attached hydrogens (tertiary/aromatic N) is 1. The van der Waals surface area contributed by atoms with E-state index in [2.05, 4.69) is 10.1 Å². The van der Waals surface area contributed by atoms with E-state index in [1.165, 1.54) is 11.4 Å². The molecule has 1 unspecified atom stereocenters. The van der Waals surface area contributed by atoms with Crippen LogP contribution in [0.4, 0.5) is 5.69 Å². The van der Waals surface area contributed by atoms with Crippen molar-refractivity contribution in [2.24, 2.45) is 0 Å². The fraction of sp³-hybridized carbons (Fsp3) is 0.200. The van der Waals surface area contributed by atoms with Gasteiger partial charge < -0.3 is 18.9 Å². The molecule has 0 saturated heterocycles. The molecule has 0 aliphatic rings. The SMILES string of the molecule is COC(=O)Cc1ccc(CNC(=O)c2ccc(N(CCc3cccc(Cl)c3Cl)S(=O)[O-])cc2)cc1. The molecule has 0 spiro atoms. The van der Waals surface area contributed by atoms with Crippen molar-refractivity contribution in [2.75, 3.05) is 18.0 Å². The standard InChI is InChI=1S/C25H24Cl2N2O5S/c1-34-23(30)15-17-5-7-18(8-6-17)16-28-25(31)20-9-11-21(12-10-20)29(35(32)33)14-13-19-3-2-4-22(26)24(19)27/h2-12H,13-16H2,1H3,(H,28,31)(H,32,33)/p-1. The number of anilines is 1. The summed E-state index contributed by atoms with van der Waals surface area (Å²) in [7, 11) is 1.34. The van der Waals surface area contributed by atoms with Gasteiger partial charge in [0.1, 0.15) is 0 Å². The van der Waals surface area contributed by atoms with Crippen molar-refractivity contribution < 1.29 is 23.1 Å². The van der Waals surface area contributed by atoms with Gasteiger partial charge in [-0.2, -0.15) is 0 Å². The highest BCUT2D eigenvalue weighted by Crippen LogP contribution is 2.26. The molecule has 0 saturated carbocycles. The highest BCUT2D eigenvalue weighted by Gasteiger charge is 2.12. The number of benzene rings is 3. The van der Waals surface area contributed by atoms with E-state index < -0.39 is 11.3 Å². The Kier molecular flexibility index (Phi) is 9.68. The summed E-state index contributed by atoms with van der Waals surface area (Å²) in [4.78, 5) is 23.9. The van der Waals surface area contributed by atoms with E-state index in [0.29, 0.717) is 34.3 Å². The minimum atomic E-state index is -2.51. The highest BCUT2D eigenvalue weighted by atomic mass is 35.5. The molecule has 3 aromatic rings. The molecule has 1 amide bonds. The number of carbonyl (C=O) groups is 2. The lowest BCUT2D eigenvalue weighted by molar-refractivity contribution is -0.139. The maximum atomic E-state index is 12.5. The number of rotatable bonds is 10. The Balaban J connectivity index is 1.59. The van der Waals surface area contributed by atoms with Crippen LogP contribution in [0.1, 0.15) is 27.0 Å². The largest absolute Gasteiger partial charge is 0.755 e. The summed E-state index contributed by atoms with van der Waals surface area (Å²) in [6, 6.07) is 18.8. The molecule has 0 aliphatic heterocycles. The quantitative estimate of drug-likeness (QED) is 0.306. The molecule has 1 atom stereocenters. The van der Waals surface area contributed by atoms with Crippen LogP contribution in [-0.2, 0) is 40.2 Å². The normalized spacial score (nSPS) is 11.5. The number of nitrogens with one attached hydrogen (secondary N) is 1. The minimum Gasteiger partial charge on any atom is -0.755 e. The first-order valence-electron chi connectivity index (χ1n) is 10.6. The molecule has 0 radical (unpaired) electrons. The van der Waals surface area contributed by atoms with Crippen LogP contribution in [0, 0.1) is 0 Å². The van der Waals surface area contributed by atoms with Crippen LogP contribution in [0.25, 0.3) is 0 Å². The van der Waals surface area contributed by atoms with Gasteiger partial charge in [-0.05, 0) is 53.4 Å². The van der Waals surface area contributed by atoms with Gasteiger partial charge in [-0.25, -0.2) is 0 Å². The molecule has 0 heterocycles. The Labute approximate surface area is 216 Å². The number of esters is 1. The van der Waals surface area contributed by atoms with Crippen LogP contribution >= 0.6 is 23.2 Å². The van der Waals surface area contributed by atoms with Crippen molar-refractivity contribution in [2.45, 2.75) is 19.4 Å². The Morgan fingerprint density at radius 1 is 1.00 bits per heavy atom. The molecule has 3 rings (SSSR count). The summed E-state index contributed by atoms with van der Waals surface area (Å²) in [6.45, 7) is 0.462. The van der Waals surface area contributed by atoms with Crippen molar-refractivity contribution in [3.05, 3.63) is 99.0 Å². The topological polar surface area (TPSA) is 98.8 Å². The van der Waals surface area contributed by atoms with E-state index in [1.54, 1.807) is 54.6 Å². The molecule has 184 valence electrons. The molecule has 1 N–H and O–H groups in total. The molecule has 10 heteroatoms. The molecule has 7 nitrogen and oxygen atoms in total. The van der Waals surface area contributed by atoms with Crippen molar-refractivity contribution in [3.63, 3.8) is 0 Å². The zero-order valence-corrected chi connectivity index (χ0v) is 21.2. The van der Waals surface area contributed by atoms with E-state index in [-0.39, 0.29) is 24.8 Å². The van der Waals surface area contributed by atoms with Gasteiger partial charge in [-0.3, -0.25) is 13.8 Å². The highest BCUT2D eigenvalue weighted by molar-refractivity contribution is 7.80. The summed E-state index contributed by atoms with van der Waals surface area (Å²) in [5, 5.41) is 3.63. The molecule has 0 bridgehead atoms. The second-order valence-electron chi connectivity index (χ2n) is 7.58. The van der Waals surface area contributed by atoms with Crippen LogP contribution in [0.2, 0.25) is 10.0 Å². The van der Waals surface area contributed by atoms with Crippen molar-refractivity contribution in [1.29, 1.82) is 0 Å². The lowest BCUT2D eigenvalue weighted by atomic mass is 10.1. The second kappa shape index (κ2) is 12.7. The first kappa shape index (κ1) is 26.7. The van der Waals surface area contributed by atoms with Gasteiger partial charge >= 0.3 is 5.97 Å². The smallest absolute Gasteiger partial charge is 0.309 e. The second-order valence-corrected chi connectivity index (χ2v) is 9.24. The maximum absolute atomic E-state index is 12.5. The fourth-order valence-electron chi connectivity index (χ4n) is 3.33. The van der Waals surface area contributed by atoms with Gasteiger partial charge in [-0.15, -0.1) is 0 Å². The Hall–Kier alpha value is -2.91. The third-order valence-corrected chi connectivity index (χ3v) is 6.88. The maximum Gasteiger partial charge on any atom is 0.309 e. The van der Waals surface area contributed by atoms with Gasteiger partial charge in [0.15, 0.2) is 0 Å². The zero-order chi connectivity index (χ0) is 25.4. The van der Waals surface area contributed by atoms with Crippen LogP contribution in [0.5, 0.6) is 0 Å². The monoisotopic (exact) mass is 533 g/mol. The molecule has 0 aromatic heterocycles. The summed E-state index contributed by atoms with van der Waals surface area (Å²) in [5.41, 5.74) is 3.25. The third-order valence-electron chi connectivity index (χ3n) is 5.27. The van der Waals surface area contributed by atoms with Gasteiger partial charge in [0.25, 0.3) is 5.91 Å². The van der Waals surface area contributed by atoms with Crippen LogP contribution < -0.4 is 9.62 Å². The molecule has 3 aromatic carbocycles. The molecule has 35 heavy (non-hydrogen) atoms. The van der Waals surface area contributed by atoms with E-state index in [1.807, 2.05) is 12.1 Å². The predicted molar refractivity (Wildman–Crippen MR) is 136 cm³/mol. The van der Waals surface area contributed by atoms with E-state index >= 15 is 0 Å². The first-order valence-corrected chi connectivity index (χ1v) is 12.4. The Morgan fingerprint density at radius 3 is 2.29 bits per heavy atom.